The molecule has 0 amide bonds. The molecule has 0 fully saturated rings. The molecule has 0 bridgehead atoms. The zero-order valence-corrected chi connectivity index (χ0v) is 13.0. The van der Waals surface area contributed by atoms with Crippen LogP contribution in [0.2, 0.25) is 0 Å². The first-order valence-corrected chi connectivity index (χ1v) is 8.37. The molecule has 0 saturated carbocycles. The van der Waals surface area contributed by atoms with Crippen molar-refractivity contribution in [1.82, 2.24) is 0 Å². The van der Waals surface area contributed by atoms with Crippen molar-refractivity contribution in [2.24, 2.45) is 17.8 Å². The summed E-state index contributed by atoms with van der Waals surface area (Å²) in [7, 11) is 0. The van der Waals surface area contributed by atoms with E-state index in [0.717, 1.165) is 32.1 Å². The second kappa shape index (κ2) is 7.79. The maximum atomic E-state index is 10.5. The molecule has 3 heteroatoms. The number of carboxylic acid groups (broad SMARTS) is 1. The summed E-state index contributed by atoms with van der Waals surface area (Å²) in [6.07, 6.45) is 13.9. The first kappa shape index (κ1) is 16.3. The van der Waals surface area contributed by atoms with Crippen LogP contribution < -0.4 is 0 Å². The van der Waals surface area contributed by atoms with Crippen molar-refractivity contribution in [2.75, 3.05) is 0 Å². The fourth-order valence-corrected chi connectivity index (χ4v) is 3.83. The Morgan fingerprint density at radius 3 is 2.76 bits per heavy atom. The number of aliphatic hydroxyl groups excluding tert-OH is 1. The van der Waals surface area contributed by atoms with E-state index in [1.54, 1.807) is 0 Å². The third-order valence-corrected chi connectivity index (χ3v) is 5.05. The number of carboxylic acids is 1. The van der Waals surface area contributed by atoms with E-state index in [1.165, 1.54) is 18.4 Å². The molecule has 2 aliphatic carbocycles. The third kappa shape index (κ3) is 4.70. The highest BCUT2D eigenvalue weighted by molar-refractivity contribution is 5.66. The lowest BCUT2D eigenvalue weighted by Crippen LogP contribution is -2.29. The van der Waals surface area contributed by atoms with E-state index in [1.807, 2.05) is 6.08 Å². The lowest BCUT2D eigenvalue weighted by Gasteiger charge is -2.38. The average Bonchev–Trinajstić information content (AvgIpc) is 2.44. The molecule has 118 valence electrons. The van der Waals surface area contributed by atoms with E-state index in [0.29, 0.717) is 24.2 Å². The smallest absolute Gasteiger partial charge is 0.303 e. The molecule has 0 saturated heterocycles. The summed E-state index contributed by atoms with van der Waals surface area (Å²) in [6, 6.07) is 0. The fourth-order valence-electron chi connectivity index (χ4n) is 3.83. The Hall–Kier alpha value is -1.09. The number of aliphatic carboxylic acids is 1. The Balaban J connectivity index is 1.78. The van der Waals surface area contributed by atoms with Crippen LogP contribution in [-0.4, -0.2) is 22.3 Å². The van der Waals surface area contributed by atoms with E-state index in [-0.39, 0.29) is 6.10 Å². The Bertz CT molecular complexity index is 411. The van der Waals surface area contributed by atoms with Gasteiger partial charge in [0.15, 0.2) is 0 Å². The third-order valence-electron chi connectivity index (χ3n) is 5.05. The first-order chi connectivity index (χ1) is 10.1. The summed E-state index contributed by atoms with van der Waals surface area (Å²) in [5, 5.41) is 18.4. The Morgan fingerprint density at radius 2 is 2.00 bits per heavy atom. The van der Waals surface area contributed by atoms with Crippen LogP contribution in [-0.2, 0) is 4.79 Å². The second-order valence-corrected chi connectivity index (χ2v) is 6.65. The number of aliphatic hydroxyl groups is 1. The van der Waals surface area contributed by atoms with Gasteiger partial charge in [-0.15, -0.1) is 0 Å². The summed E-state index contributed by atoms with van der Waals surface area (Å²) in [6.45, 7) is 2.30. The maximum Gasteiger partial charge on any atom is 0.303 e. The summed E-state index contributed by atoms with van der Waals surface area (Å²) >= 11 is 0. The van der Waals surface area contributed by atoms with E-state index in [2.05, 4.69) is 19.1 Å². The molecule has 0 aromatic carbocycles. The summed E-state index contributed by atoms with van der Waals surface area (Å²) in [4.78, 5) is 10.5. The summed E-state index contributed by atoms with van der Waals surface area (Å²) < 4.78 is 0. The van der Waals surface area contributed by atoms with Gasteiger partial charge in [0.25, 0.3) is 0 Å². The van der Waals surface area contributed by atoms with Gasteiger partial charge in [-0.2, -0.15) is 0 Å². The van der Waals surface area contributed by atoms with Gasteiger partial charge in [0.1, 0.15) is 0 Å². The van der Waals surface area contributed by atoms with Gasteiger partial charge in [0.05, 0.1) is 6.10 Å². The van der Waals surface area contributed by atoms with Gasteiger partial charge in [-0.25, -0.2) is 0 Å². The molecule has 3 nitrogen and oxygen atoms in total. The van der Waals surface area contributed by atoms with Crippen LogP contribution in [0, 0.1) is 17.8 Å². The van der Waals surface area contributed by atoms with Crippen LogP contribution in [0.4, 0.5) is 0 Å². The lowest BCUT2D eigenvalue weighted by molar-refractivity contribution is -0.137. The monoisotopic (exact) mass is 292 g/mol. The van der Waals surface area contributed by atoms with Crippen molar-refractivity contribution in [3.8, 4) is 0 Å². The number of fused-ring (bicyclic) bond motifs is 1. The van der Waals surface area contributed by atoms with Crippen molar-refractivity contribution in [2.45, 2.75) is 64.4 Å². The molecule has 0 aliphatic heterocycles. The molecular weight excluding hydrogens is 264 g/mol. The Labute approximate surface area is 127 Å². The molecule has 4 atom stereocenters. The number of allylic oxidation sites excluding steroid dienone is 3. The first-order valence-electron chi connectivity index (χ1n) is 8.37. The Morgan fingerprint density at radius 1 is 1.24 bits per heavy atom. The molecule has 2 rings (SSSR count). The van der Waals surface area contributed by atoms with Gasteiger partial charge < -0.3 is 10.2 Å². The predicted octanol–water partition coefficient (Wildman–Crippen LogP) is 3.93. The molecule has 0 radical (unpaired) electrons. The van der Waals surface area contributed by atoms with Gasteiger partial charge in [-0.05, 0) is 49.0 Å². The summed E-state index contributed by atoms with van der Waals surface area (Å²) in [5.74, 6) is 1.23. The average molecular weight is 292 g/mol. The van der Waals surface area contributed by atoms with Crippen molar-refractivity contribution < 1.29 is 15.0 Å². The van der Waals surface area contributed by atoms with Crippen LogP contribution in [0.25, 0.3) is 0 Å². The van der Waals surface area contributed by atoms with Crippen LogP contribution in [0.5, 0.6) is 0 Å². The van der Waals surface area contributed by atoms with Crippen molar-refractivity contribution in [3.05, 3.63) is 23.8 Å². The highest BCUT2D eigenvalue weighted by Crippen LogP contribution is 2.42. The van der Waals surface area contributed by atoms with E-state index < -0.39 is 5.97 Å². The standard InChI is InChI=1S/C18H28O3/c1-13-8-9-14-12-15(19)10-11-17(14)16(13)6-4-2-3-5-7-18(20)21/h8-9,12-13,15-17,19H,2-7,10-11H2,1H3,(H,20,21). The van der Waals surface area contributed by atoms with Crippen LogP contribution in [0.1, 0.15) is 58.3 Å². The van der Waals surface area contributed by atoms with Gasteiger partial charge in [0, 0.05) is 6.42 Å². The van der Waals surface area contributed by atoms with E-state index in [9.17, 15) is 9.90 Å². The number of rotatable bonds is 7. The molecule has 0 aromatic heterocycles. The van der Waals surface area contributed by atoms with E-state index >= 15 is 0 Å². The van der Waals surface area contributed by atoms with Gasteiger partial charge in [0.2, 0.25) is 0 Å². The fraction of sp³-hybridized carbons (Fsp3) is 0.722. The van der Waals surface area contributed by atoms with Gasteiger partial charge in [-0.1, -0.05) is 44.4 Å². The van der Waals surface area contributed by atoms with E-state index in [4.69, 9.17) is 5.11 Å². The minimum atomic E-state index is -0.684. The SMILES string of the molecule is CC1C=CC2=CC(O)CCC2C1CCCCCCC(=O)O. The number of unbranched alkanes of at least 4 members (excludes halogenated alkanes) is 3. The van der Waals surface area contributed by atoms with Crippen molar-refractivity contribution >= 4 is 5.97 Å². The molecule has 4 unspecified atom stereocenters. The molecular formula is C18H28O3. The zero-order valence-electron chi connectivity index (χ0n) is 13.0. The molecule has 0 spiro atoms. The normalized spacial score (nSPS) is 31.6. The molecule has 0 aromatic rings. The minimum absolute atomic E-state index is 0.258. The number of hydrogen-bond donors (Lipinski definition) is 2. The molecule has 21 heavy (non-hydrogen) atoms. The van der Waals surface area contributed by atoms with Gasteiger partial charge >= 0.3 is 5.97 Å². The van der Waals surface area contributed by atoms with Crippen molar-refractivity contribution in [1.29, 1.82) is 0 Å². The maximum absolute atomic E-state index is 10.5. The molecule has 2 aliphatic rings. The van der Waals surface area contributed by atoms with Crippen molar-refractivity contribution in [3.63, 3.8) is 0 Å². The highest BCUT2D eigenvalue weighted by Gasteiger charge is 2.32. The van der Waals surface area contributed by atoms with Crippen LogP contribution in [0.3, 0.4) is 0 Å². The Kier molecular flexibility index (Phi) is 6.04. The van der Waals surface area contributed by atoms with Crippen LogP contribution >= 0.6 is 0 Å². The topological polar surface area (TPSA) is 57.5 Å². The molecule has 2 N–H and O–H groups in total. The summed E-state index contributed by atoms with van der Waals surface area (Å²) in [5.41, 5.74) is 1.34. The lowest BCUT2D eigenvalue weighted by atomic mass is 9.67. The molecule has 0 heterocycles. The number of carbonyl (C=O) groups is 1. The minimum Gasteiger partial charge on any atom is -0.481 e. The largest absolute Gasteiger partial charge is 0.481 e. The zero-order chi connectivity index (χ0) is 15.2. The second-order valence-electron chi connectivity index (χ2n) is 6.65. The quantitative estimate of drug-likeness (QED) is 0.699. The number of hydrogen-bond acceptors (Lipinski definition) is 2. The van der Waals surface area contributed by atoms with Gasteiger partial charge in [-0.3, -0.25) is 4.79 Å². The van der Waals surface area contributed by atoms with Crippen LogP contribution in [0.15, 0.2) is 23.8 Å². The highest BCUT2D eigenvalue weighted by atomic mass is 16.4. The predicted molar refractivity (Wildman–Crippen MR) is 83.9 cm³/mol.